The molecule has 2 unspecified atom stereocenters. The van der Waals surface area contributed by atoms with Gasteiger partial charge >= 0.3 is 0 Å². The molecule has 5 heteroatoms. The summed E-state index contributed by atoms with van der Waals surface area (Å²) in [6, 6.07) is 14.5. The maximum absolute atomic E-state index is 10.1. The van der Waals surface area contributed by atoms with E-state index in [1.165, 1.54) is 5.39 Å². The van der Waals surface area contributed by atoms with Crippen molar-refractivity contribution in [2.24, 2.45) is 0 Å². The standard InChI is InChI=1S/C17H23NO2.CH2O2/c1-12(2)18-13(3)17(19)11-20-16-9-8-14-6-4-5-7-15(14)10-16;2-1-3/h4-10,12-13,17-19H,11H2,1-3H3;1H,(H,2,3). The summed E-state index contributed by atoms with van der Waals surface area (Å²) < 4.78 is 5.69. The summed E-state index contributed by atoms with van der Waals surface area (Å²) >= 11 is 0. The topological polar surface area (TPSA) is 78.8 Å². The van der Waals surface area contributed by atoms with E-state index in [4.69, 9.17) is 14.6 Å². The van der Waals surface area contributed by atoms with Gasteiger partial charge in [0.1, 0.15) is 18.5 Å². The Morgan fingerprint density at radius 3 is 2.35 bits per heavy atom. The highest BCUT2D eigenvalue weighted by molar-refractivity contribution is 5.83. The number of carbonyl (C=O) groups is 1. The van der Waals surface area contributed by atoms with Crippen LogP contribution < -0.4 is 10.1 Å². The van der Waals surface area contributed by atoms with E-state index in [-0.39, 0.29) is 12.5 Å². The van der Waals surface area contributed by atoms with Crippen molar-refractivity contribution in [1.29, 1.82) is 0 Å². The maximum atomic E-state index is 10.1. The molecule has 0 heterocycles. The molecule has 0 spiro atoms. The van der Waals surface area contributed by atoms with Crippen molar-refractivity contribution in [3.63, 3.8) is 0 Å². The summed E-state index contributed by atoms with van der Waals surface area (Å²) in [6.45, 7) is 6.13. The maximum Gasteiger partial charge on any atom is 0.290 e. The summed E-state index contributed by atoms with van der Waals surface area (Å²) in [7, 11) is 0. The van der Waals surface area contributed by atoms with Gasteiger partial charge < -0.3 is 20.3 Å². The minimum absolute atomic E-state index is 0.00968. The van der Waals surface area contributed by atoms with Gasteiger partial charge in [0.15, 0.2) is 0 Å². The molecule has 0 radical (unpaired) electrons. The molecule has 2 atom stereocenters. The molecule has 2 aromatic rings. The van der Waals surface area contributed by atoms with Gasteiger partial charge in [-0.15, -0.1) is 0 Å². The van der Waals surface area contributed by atoms with E-state index in [1.54, 1.807) is 0 Å². The van der Waals surface area contributed by atoms with Crippen LogP contribution in [0.1, 0.15) is 20.8 Å². The molecule has 126 valence electrons. The summed E-state index contributed by atoms with van der Waals surface area (Å²) in [5, 5.41) is 22.6. The van der Waals surface area contributed by atoms with Crippen LogP contribution in [0, 0.1) is 0 Å². The molecule has 0 saturated carbocycles. The number of aliphatic hydroxyl groups is 1. The fraction of sp³-hybridized carbons (Fsp3) is 0.389. The third-order valence-corrected chi connectivity index (χ3v) is 3.32. The smallest absolute Gasteiger partial charge is 0.290 e. The van der Waals surface area contributed by atoms with Crippen LogP contribution in [0.4, 0.5) is 0 Å². The fourth-order valence-corrected chi connectivity index (χ4v) is 2.22. The zero-order valence-electron chi connectivity index (χ0n) is 13.8. The first-order valence-corrected chi connectivity index (χ1v) is 7.61. The number of carboxylic acid groups (broad SMARTS) is 1. The van der Waals surface area contributed by atoms with Crippen molar-refractivity contribution in [2.75, 3.05) is 6.61 Å². The van der Waals surface area contributed by atoms with Crippen molar-refractivity contribution in [3.05, 3.63) is 42.5 Å². The van der Waals surface area contributed by atoms with Crippen molar-refractivity contribution < 1.29 is 19.7 Å². The molecule has 0 fully saturated rings. The van der Waals surface area contributed by atoms with Gasteiger partial charge in [-0.2, -0.15) is 0 Å². The van der Waals surface area contributed by atoms with Gasteiger partial charge in [0.05, 0.1) is 0 Å². The lowest BCUT2D eigenvalue weighted by Crippen LogP contribution is -2.43. The van der Waals surface area contributed by atoms with Gasteiger partial charge in [-0.25, -0.2) is 0 Å². The molecule has 0 aliphatic heterocycles. The number of benzene rings is 2. The predicted octanol–water partition coefficient (Wildman–Crippen LogP) is 2.67. The van der Waals surface area contributed by atoms with Crippen LogP contribution in [-0.4, -0.2) is 41.5 Å². The van der Waals surface area contributed by atoms with Crippen LogP contribution in [-0.2, 0) is 4.79 Å². The lowest BCUT2D eigenvalue weighted by Gasteiger charge is -2.22. The van der Waals surface area contributed by atoms with E-state index >= 15 is 0 Å². The van der Waals surface area contributed by atoms with Crippen LogP contribution >= 0.6 is 0 Å². The third kappa shape index (κ3) is 6.67. The van der Waals surface area contributed by atoms with E-state index in [2.05, 4.69) is 31.3 Å². The van der Waals surface area contributed by atoms with Gasteiger partial charge in [0.25, 0.3) is 6.47 Å². The molecule has 3 N–H and O–H groups in total. The molecular formula is C18H25NO4. The first-order chi connectivity index (χ1) is 11.0. The molecule has 0 bridgehead atoms. The lowest BCUT2D eigenvalue weighted by molar-refractivity contribution is -0.122. The zero-order chi connectivity index (χ0) is 17.2. The van der Waals surface area contributed by atoms with Gasteiger partial charge in [0.2, 0.25) is 0 Å². The molecule has 2 rings (SSSR count). The number of fused-ring (bicyclic) bond motifs is 1. The van der Waals surface area contributed by atoms with Gasteiger partial charge in [-0.05, 0) is 29.8 Å². The highest BCUT2D eigenvalue weighted by Gasteiger charge is 2.15. The Morgan fingerprint density at radius 1 is 1.13 bits per heavy atom. The second kappa shape index (κ2) is 9.82. The Hall–Kier alpha value is -2.11. The summed E-state index contributed by atoms with van der Waals surface area (Å²) in [6.07, 6.45) is -0.524. The molecule has 0 aromatic heterocycles. The molecule has 0 saturated heterocycles. The molecule has 2 aromatic carbocycles. The minimum atomic E-state index is -0.524. The van der Waals surface area contributed by atoms with Gasteiger partial charge in [-0.1, -0.05) is 44.2 Å². The number of aliphatic hydroxyl groups excluding tert-OH is 1. The second-order valence-corrected chi connectivity index (χ2v) is 5.60. The Kier molecular flexibility index (Phi) is 8.08. The van der Waals surface area contributed by atoms with Crippen molar-refractivity contribution in [3.8, 4) is 5.75 Å². The van der Waals surface area contributed by atoms with E-state index < -0.39 is 6.10 Å². The number of rotatable bonds is 6. The Morgan fingerprint density at radius 2 is 1.74 bits per heavy atom. The van der Waals surface area contributed by atoms with Crippen LogP contribution in [0.2, 0.25) is 0 Å². The molecule has 23 heavy (non-hydrogen) atoms. The highest BCUT2D eigenvalue weighted by atomic mass is 16.5. The van der Waals surface area contributed by atoms with Gasteiger partial charge in [0, 0.05) is 12.1 Å². The van der Waals surface area contributed by atoms with Crippen molar-refractivity contribution in [1.82, 2.24) is 5.32 Å². The first kappa shape index (κ1) is 18.9. The fourth-order valence-electron chi connectivity index (χ4n) is 2.22. The minimum Gasteiger partial charge on any atom is -0.491 e. The number of nitrogens with one attached hydrogen (secondary N) is 1. The number of hydrogen-bond acceptors (Lipinski definition) is 4. The molecule has 0 amide bonds. The van der Waals surface area contributed by atoms with Crippen molar-refractivity contribution in [2.45, 2.75) is 39.0 Å². The zero-order valence-corrected chi connectivity index (χ0v) is 13.8. The van der Waals surface area contributed by atoms with E-state index in [9.17, 15) is 5.11 Å². The van der Waals surface area contributed by atoms with Crippen LogP contribution in [0.25, 0.3) is 10.8 Å². The largest absolute Gasteiger partial charge is 0.491 e. The average molecular weight is 319 g/mol. The summed E-state index contributed by atoms with van der Waals surface area (Å²) in [4.78, 5) is 8.36. The van der Waals surface area contributed by atoms with Crippen molar-refractivity contribution >= 4 is 17.2 Å². The Bertz CT molecular complexity index is 600. The van der Waals surface area contributed by atoms with Crippen LogP contribution in [0.15, 0.2) is 42.5 Å². The first-order valence-electron chi connectivity index (χ1n) is 7.61. The van der Waals surface area contributed by atoms with Gasteiger partial charge in [-0.3, -0.25) is 4.79 Å². The lowest BCUT2D eigenvalue weighted by atomic mass is 10.1. The molecule has 5 nitrogen and oxygen atoms in total. The molecular weight excluding hydrogens is 294 g/mol. The van der Waals surface area contributed by atoms with E-state index in [0.29, 0.717) is 12.6 Å². The van der Waals surface area contributed by atoms with E-state index in [1.807, 2.05) is 37.3 Å². The second-order valence-electron chi connectivity index (χ2n) is 5.60. The number of ether oxygens (including phenoxy) is 1. The van der Waals surface area contributed by atoms with Crippen LogP contribution in [0.3, 0.4) is 0 Å². The number of hydrogen-bond donors (Lipinski definition) is 3. The highest BCUT2D eigenvalue weighted by Crippen LogP contribution is 2.20. The summed E-state index contributed by atoms with van der Waals surface area (Å²) in [5.74, 6) is 0.791. The van der Waals surface area contributed by atoms with Crippen LogP contribution in [0.5, 0.6) is 5.75 Å². The average Bonchev–Trinajstić information content (AvgIpc) is 2.52. The third-order valence-electron chi connectivity index (χ3n) is 3.32. The molecule has 0 aliphatic carbocycles. The monoisotopic (exact) mass is 319 g/mol. The normalized spacial score (nSPS) is 13.1. The van der Waals surface area contributed by atoms with E-state index in [0.717, 1.165) is 11.1 Å². The Balaban J connectivity index is 0.000000816. The quantitative estimate of drug-likeness (QED) is 0.714. The SMILES string of the molecule is CC(C)NC(C)C(O)COc1ccc2ccccc2c1.O=CO. The molecule has 0 aliphatic rings. The Labute approximate surface area is 136 Å². The summed E-state index contributed by atoms with van der Waals surface area (Å²) in [5.41, 5.74) is 0. The predicted molar refractivity (Wildman–Crippen MR) is 91.9 cm³/mol.